The summed E-state index contributed by atoms with van der Waals surface area (Å²) in [4.78, 5) is 6.46. The van der Waals surface area contributed by atoms with Gasteiger partial charge in [-0.3, -0.25) is 4.99 Å². The van der Waals surface area contributed by atoms with Gasteiger partial charge in [0.2, 0.25) is 0 Å². The number of nitrogens with zero attached hydrogens (tertiary/aromatic N) is 2. The molecule has 0 aliphatic carbocycles. The molecule has 1 aromatic carbocycles. The van der Waals surface area contributed by atoms with Crippen LogP contribution in [0.2, 0.25) is 0 Å². The van der Waals surface area contributed by atoms with Crippen molar-refractivity contribution in [2.45, 2.75) is 12.8 Å². The maximum Gasteiger partial charge on any atom is 0.191 e. The summed E-state index contributed by atoms with van der Waals surface area (Å²) in [5.74, 6) is 0.627. The second-order valence-corrected chi connectivity index (χ2v) is 5.04. The normalized spacial score (nSPS) is 15.5. The molecule has 0 atom stereocenters. The summed E-state index contributed by atoms with van der Waals surface area (Å²) >= 11 is 0. The first kappa shape index (κ1) is 19.2. The van der Waals surface area contributed by atoms with Gasteiger partial charge in [-0.2, -0.15) is 0 Å². The molecule has 1 aliphatic rings. The summed E-state index contributed by atoms with van der Waals surface area (Å²) in [5.41, 5.74) is 7.26. The number of hydrogen-bond donors (Lipinski definition) is 1. The molecule has 5 nitrogen and oxygen atoms in total. The minimum absolute atomic E-state index is 0. The highest BCUT2D eigenvalue weighted by atomic mass is 127. The number of rotatable bonds is 7. The first-order valence-corrected chi connectivity index (χ1v) is 7.60. The zero-order chi connectivity index (χ0) is 14.8. The predicted octanol–water partition coefficient (Wildman–Crippen LogP) is 1.90. The molecule has 6 heteroatoms. The second kappa shape index (κ2) is 11.7. The summed E-state index contributed by atoms with van der Waals surface area (Å²) in [6.07, 6.45) is 1.86. The van der Waals surface area contributed by atoms with E-state index in [2.05, 4.69) is 34.2 Å². The number of aliphatic imine (C=N–C) groups is 1. The SMILES string of the molecule is I.NC(=NCCCOCCc1ccccc1)N1CCOCC1. The summed E-state index contributed by atoms with van der Waals surface area (Å²) in [5, 5.41) is 0. The van der Waals surface area contributed by atoms with E-state index < -0.39 is 0 Å². The third-order valence-corrected chi connectivity index (χ3v) is 3.43. The Kier molecular flexibility index (Phi) is 10.2. The lowest BCUT2D eigenvalue weighted by molar-refractivity contribution is 0.0674. The molecule has 2 N–H and O–H groups in total. The maximum atomic E-state index is 5.94. The van der Waals surface area contributed by atoms with Crippen LogP contribution in [0.3, 0.4) is 0 Å². The number of benzene rings is 1. The number of hydrogen-bond acceptors (Lipinski definition) is 3. The molecule has 0 spiro atoms. The van der Waals surface area contributed by atoms with Crippen LogP contribution in [0.1, 0.15) is 12.0 Å². The Balaban J connectivity index is 0.00000242. The molecule has 2 rings (SSSR count). The van der Waals surface area contributed by atoms with E-state index in [0.717, 1.165) is 52.4 Å². The van der Waals surface area contributed by atoms with Crippen LogP contribution < -0.4 is 5.73 Å². The van der Waals surface area contributed by atoms with E-state index in [-0.39, 0.29) is 24.0 Å². The monoisotopic (exact) mass is 419 g/mol. The zero-order valence-corrected chi connectivity index (χ0v) is 15.3. The molecule has 1 aliphatic heterocycles. The highest BCUT2D eigenvalue weighted by Gasteiger charge is 2.11. The fourth-order valence-electron chi connectivity index (χ4n) is 2.19. The van der Waals surface area contributed by atoms with Crippen LogP contribution in [0.25, 0.3) is 0 Å². The predicted molar refractivity (Wildman–Crippen MR) is 99.9 cm³/mol. The topological polar surface area (TPSA) is 60.1 Å². The summed E-state index contributed by atoms with van der Waals surface area (Å²) < 4.78 is 10.9. The van der Waals surface area contributed by atoms with E-state index in [0.29, 0.717) is 12.5 Å². The van der Waals surface area contributed by atoms with Gasteiger partial charge in [0.25, 0.3) is 0 Å². The Bertz CT molecular complexity index is 423. The molecule has 1 saturated heterocycles. The summed E-state index contributed by atoms with van der Waals surface area (Å²) in [6, 6.07) is 10.4. The van der Waals surface area contributed by atoms with Crippen molar-refractivity contribution < 1.29 is 9.47 Å². The Morgan fingerprint density at radius 3 is 2.64 bits per heavy atom. The number of morpholine rings is 1. The quantitative estimate of drug-likeness (QED) is 0.318. The summed E-state index contributed by atoms with van der Waals surface area (Å²) in [7, 11) is 0. The fraction of sp³-hybridized carbons (Fsp3) is 0.562. The number of halogens is 1. The van der Waals surface area contributed by atoms with Crippen LogP contribution in [0.4, 0.5) is 0 Å². The number of nitrogens with two attached hydrogens (primary N) is 1. The maximum absolute atomic E-state index is 5.94. The Hall–Kier alpha value is -0.860. The van der Waals surface area contributed by atoms with Crippen LogP contribution >= 0.6 is 24.0 Å². The van der Waals surface area contributed by atoms with Gasteiger partial charge in [0, 0.05) is 26.2 Å². The number of ether oxygens (including phenoxy) is 2. The smallest absolute Gasteiger partial charge is 0.191 e. The molecule has 0 unspecified atom stereocenters. The van der Waals surface area contributed by atoms with Crippen molar-refractivity contribution in [2.24, 2.45) is 10.7 Å². The van der Waals surface area contributed by atoms with Gasteiger partial charge < -0.3 is 20.1 Å². The van der Waals surface area contributed by atoms with Crippen molar-refractivity contribution in [1.82, 2.24) is 4.90 Å². The second-order valence-electron chi connectivity index (χ2n) is 5.04. The summed E-state index contributed by atoms with van der Waals surface area (Å²) in [6.45, 7) is 5.34. The lowest BCUT2D eigenvalue weighted by atomic mass is 10.2. The van der Waals surface area contributed by atoms with Gasteiger partial charge in [0.05, 0.1) is 19.8 Å². The van der Waals surface area contributed by atoms with Crippen LogP contribution in [-0.4, -0.2) is 56.9 Å². The van der Waals surface area contributed by atoms with Crippen LogP contribution in [-0.2, 0) is 15.9 Å². The molecular weight excluding hydrogens is 393 g/mol. The average Bonchev–Trinajstić information content (AvgIpc) is 2.55. The minimum Gasteiger partial charge on any atom is -0.381 e. The lowest BCUT2D eigenvalue weighted by Crippen LogP contribution is -2.44. The van der Waals surface area contributed by atoms with Crippen LogP contribution in [0.5, 0.6) is 0 Å². The molecule has 0 radical (unpaired) electrons. The molecule has 0 amide bonds. The highest BCUT2D eigenvalue weighted by molar-refractivity contribution is 14.0. The van der Waals surface area contributed by atoms with Crippen molar-refractivity contribution in [3.63, 3.8) is 0 Å². The zero-order valence-electron chi connectivity index (χ0n) is 12.9. The van der Waals surface area contributed by atoms with E-state index in [4.69, 9.17) is 15.2 Å². The van der Waals surface area contributed by atoms with Gasteiger partial charge in [0.1, 0.15) is 0 Å². The molecule has 1 fully saturated rings. The van der Waals surface area contributed by atoms with Crippen molar-refractivity contribution in [3.05, 3.63) is 35.9 Å². The van der Waals surface area contributed by atoms with Gasteiger partial charge in [-0.15, -0.1) is 24.0 Å². The van der Waals surface area contributed by atoms with Crippen molar-refractivity contribution in [3.8, 4) is 0 Å². The third kappa shape index (κ3) is 7.42. The van der Waals surface area contributed by atoms with E-state index in [9.17, 15) is 0 Å². The average molecular weight is 419 g/mol. The van der Waals surface area contributed by atoms with E-state index in [1.165, 1.54) is 5.56 Å². The standard InChI is InChI=1S/C16H25N3O2.HI/c17-16(19-9-13-21-14-10-19)18-8-4-11-20-12-7-15-5-2-1-3-6-15;/h1-3,5-6H,4,7-14H2,(H2,17,18);1H. The van der Waals surface area contributed by atoms with Gasteiger partial charge in [-0.1, -0.05) is 30.3 Å². The first-order valence-electron chi connectivity index (χ1n) is 7.60. The van der Waals surface area contributed by atoms with Gasteiger partial charge in [-0.25, -0.2) is 0 Å². The molecule has 22 heavy (non-hydrogen) atoms. The first-order chi connectivity index (χ1) is 10.4. The van der Waals surface area contributed by atoms with Crippen molar-refractivity contribution in [1.29, 1.82) is 0 Å². The van der Waals surface area contributed by atoms with Gasteiger partial charge >= 0.3 is 0 Å². The molecule has 0 aromatic heterocycles. The van der Waals surface area contributed by atoms with Crippen molar-refractivity contribution in [2.75, 3.05) is 46.1 Å². The third-order valence-electron chi connectivity index (χ3n) is 3.43. The fourth-order valence-corrected chi connectivity index (χ4v) is 2.19. The molecule has 0 saturated carbocycles. The minimum atomic E-state index is 0. The number of guanidine groups is 1. The molecule has 0 bridgehead atoms. The molecule has 124 valence electrons. The molecule has 1 heterocycles. The molecule has 1 aromatic rings. The van der Waals surface area contributed by atoms with Crippen molar-refractivity contribution >= 4 is 29.9 Å². The van der Waals surface area contributed by atoms with Gasteiger partial charge in [0.15, 0.2) is 5.96 Å². The van der Waals surface area contributed by atoms with Crippen LogP contribution in [0.15, 0.2) is 35.3 Å². The van der Waals surface area contributed by atoms with E-state index in [1.54, 1.807) is 0 Å². The largest absolute Gasteiger partial charge is 0.381 e. The molecular formula is C16H26IN3O2. The van der Waals surface area contributed by atoms with E-state index in [1.807, 2.05) is 6.07 Å². The van der Waals surface area contributed by atoms with E-state index >= 15 is 0 Å². The Labute approximate surface area is 149 Å². The lowest BCUT2D eigenvalue weighted by Gasteiger charge is -2.27. The highest BCUT2D eigenvalue weighted by Crippen LogP contribution is 2.00. The Morgan fingerprint density at radius 1 is 1.18 bits per heavy atom. The Morgan fingerprint density at radius 2 is 1.91 bits per heavy atom. The van der Waals surface area contributed by atoms with Crippen LogP contribution in [0, 0.1) is 0 Å². The van der Waals surface area contributed by atoms with Gasteiger partial charge in [-0.05, 0) is 18.4 Å².